The molecule has 0 atom stereocenters. The Morgan fingerprint density at radius 2 is 1.86 bits per heavy atom. The van der Waals surface area contributed by atoms with Gasteiger partial charge in [0.15, 0.2) is 0 Å². The largest absolute Gasteiger partial charge is 0.232 e. The number of para-hydroxylation sites is 1. The molecule has 0 N–H and O–H groups in total. The number of aryl methyl sites for hydroxylation is 1. The molecule has 0 radical (unpaired) electrons. The lowest BCUT2D eigenvalue weighted by molar-refractivity contribution is 0.871. The maximum absolute atomic E-state index is 6.23. The fourth-order valence-electron chi connectivity index (χ4n) is 2.20. The van der Waals surface area contributed by atoms with Crippen LogP contribution in [0.3, 0.4) is 0 Å². The number of rotatable bonds is 3. The first-order valence-corrected chi connectivity index (χ1v) is 7.21. The predicted octanol–water partition coefficient (Wildman–Crippen LogP) is 3.85. The maximum atomic E-state index is 6.23. The van der Waals surface area contributed by atoms with E-state index in [1.165, 1.54) is 0 Å². The van der Waals surface area contributed by atoms with Crippen molar-refractivity contribution in [3.63, 3.8) is 0 Å². The van der Waals surface area contributed by atoms with Gasteiger partial charge in [0, 0.05) is 12.0 Å². The molecule has 0 unspecified atom stereocenters. The molecule has 0 amide bonds. The summed E-state index contributed by atoms with van der Waals surface area (Å²) in [4.78, 5) is 8.91. The first kappa shape index (κ1) is 13.8. The van der Waals surface area contributed by atoms with E-state index < -0.39 is 0 Å². The standard InChI is InChI=1S/C16H15ClN4/c1-3-14-19-15(11(2)16(17)20-14)13-9-10-18-21(13)12-7-5-4-6-8-12/h4-10H,3H2,1-2H3. The van der Waals surface area contributed by atoms with Gasteiger partial charge in [-0.3, -0.25) is 0 Å². The van der Waals surface area contributed by atoms with Crippen molar-refractivity contribution >= 4 is 11.6 Å². The molecule has 1 aromatic carbocycles. The van der Waals surface area contributed by atoms with E-state index in [1.807, 2.05) is 54.9 Å². The van der Waals surface area contributed by atoms with Crippen molar-refractivity contribution in [3.8, 4) is 17.1 Å². The predicted molar refractivity (Wildman–Crippen MR) is 83.7 cm³/mol. The van der Waals surface area contributed by atoms with E-state index >= 15 is 0 Å². The first-order valence-electron chi connectivity index (χ1n) is 6.83. The second-order valence-electron chi connectivity index (χ2n) is 4.72. The molecule has 2 heterocycles. The Kier molecular flexibility index (Phi) is 3.71. The minimum Gasteiger partial charge on any atom is -0.232 e. The van der Waals surface area contributed by atoms with Crippen molar-refractivity contribution in [1.82, 2.24) is 19.7 Å². The highest BCUT2D eigenvalue weighted by atomic mass is 35.5. The number of halogens is 1. The van der Waals surface area contributed by atoms with Gasteiger partial charge < -0.3 is 0 Å². The second-order valence-corrected chi connectivity index (χ2v) is 5.08. The van der Waals surface area contributed by atoms with Crippen LogP contribution in [0.2, 0.25) is 5.15 Å². The third-order valence-electron chi connectivity index (χ3n) is 3.34. The van der Waals surface area contributed by atoms with Gasteiger partial charge in [-0.15, -0.1) is 0 Å². The van der Waals surface area contributed by atoms with Crippen molar-refractivity contribution in [1.29, 1.82) is 0 Å². The van der Waals surface area contributed by atoms with Gasteiger partial charge in [0.2, 0.25) is 0 Å². The Morgan fingerprint density at radius 1 is 1.10 bits per heavy atom. The van der Waals surface area contributed by atoms with Gasteiger partial charge in [0.25, 0.3) is 0 Å². The van der Waals surface area contributed by atoms with Gasteiger partial charge in [-0.25, -0.2) is 14.6 Å². The molecule has 0 saturated carbocycles. The van der Waals surface area contributed by atoms with Gasteiger partial charge >= 0.3 is 0 Å². The third kappa shape index (κ3) is 2.54. The average Bonchev–Trinajstić information content (AvgIpc) is 3.00. The molecule has 0 aliphatic rings. The van der Waals surface area contributed by atoms with E-state index in [1.54, 1.807) is 6.20 Å². The first-order chi connectivity index (χ1) is 10.2. The molecule has 3 rings (SSSR count). The van der Waals surface area contributed by atoms with Crippen LogP contribution in [0.1, 0.15) is 18.3 Å². The molecule has 0 saturated heterocycles. The SMILES string of the molecule is CCc1nc(Cl)c(C)c(-c2ccnn2-c2ccccc2)n1. The molecule has 106 valence electrons. The fraction of sp³-hybridized carbons (Fsp3) is 0.188. The summed E-state index contributed by atoms with van der Waals surface area (Å²) in [5, 5.41) is 4.90. The molecule has 0 aliphatic heterocycles. The molecule has 0 fully saturated rings. The fourth-order valence-corrected chi connectivity index (χ4v) is 2.38. The van der Waals surface area contributed by atoms with Crippen LogP contribution < -0.4 is 0 Å². The zero-order valence-electron chi connectivity index (χ0n) is 11.9. The summed E-state index contributed by atoms with van der Waals surface area (Å²) in [6.45, 7) is 3.94. The van der Waals surface area contributed by atoms with Crippen LogP contribution in [0.5, 0.6) is 0 Å². The monoisotopic (exact) mass is 298 g/mol. The second kappa shape index (κ2) is 5.66. The number of aromatic nitrogens is 4. The summed E-state index contributed by atoms with van der Waals surface area (Å²) in [5.41, 5.74) is 3.60. The molecular formula is C16H15ClN4. The van der Waals surface area contributed by atoms with Crippen LogP contribution in [0.25, 0.3) is 17.1 Å². The molecule has 0 aliphatic carbocycles. The smallest absolute Gasteiger partial charge is 0.136 e. The highest BCUT2D eigenvalue weighted by Crippen LogP contribution is 2.27. The molecule has 21 heavy (non-hydrogen) atoms. The molecule has 4 nitrogen and oxygen atoms in total. The van der Waals surface area contributed by atoms with Gasteiger partial charge in [-0.2, -0.15) is 5.10 Å². The lowest BCUT2D eigenvalue weighted by Gasteiger charge is -2.11. The molecule has 0 bridgehead atoms. The minimum atomic E-state index is 0.498. The van der Waals surface area contributed by atoms with Crippen LogP contribution in [0, 0.1) is 6.92 Å². The van der Waals surface area contributed by atoms with E-state index in [-0.39, 0.29) is 0 Å². The summed E-state index contributed by atoms with van der Waals surface area (Å²) in [6, 6.07) is 11.9. The third-order valence-corrected chi connectivity index (χ3v) is 3.70. The van der Waals surface area contributed by atoms with Crippen molar-refractivity contribution in [2.24, 2.45) is 0 Å². The Hall–Kier alpha value is -2.20. The summed E-state index contributed by atoms with van der Waals surface area (Å²) in [7, 11) is 0. The number of nitrogens with zero attached hydrogens (tertiary/aromatic N) is 4. The quantitative estimate of drug-likeness (QED) is 0.690. The molecule has 0 spiro atoms. The highest BCUT2D eigenvalue weighted by molar-refractivity contribution is 6.30. The Bertz CT molecular complexity index is 765. The Labute approximate surface area is 128 Å². The lowest BCUT2D eigenvalue weighted by Crippen LogP contribution is -2.04. The van der Waals surface area contributed by atoms with Crippen LogP contribution >= 0.6 is 11.6 Å². The Morgan fingerprint density at radius 3 is 2.57 bits per heavy atom. The van der Waals surface area contributed by atoms with E-state index in [2.05, 4.69) is 15.1 Å². The number of hydrogen-bond acceptors (Lipinski definition) is 3. The van der Waals surface area contributed by atoms with Crippen molar-refractivity contribution in [2.45, 2.75) is 20.3 Å². The van der Waals surface area contributed by atoms with Crippen molar-refractivity contribution in [3.05, 3.63) is 59.1 Å². The van der Waals surface area contributed by atoms with Crippen molar-refractivity contribution in [2.75, 3.05) is 0 Å². The van der Waals surface area contributed by atoms with E-state index in [0.717, 1.165) is 34.9 Å². The minimum absolute atomic E-state index is 0.498. The summed E-state index contributed by atoms with van der Waals surface area (Å²) >= 11 is 6.23. The van der Waals surface area contributed by atoms with E-state index in [0.29, 0.717) is 5.15 Å². The van der Waals surface area contributed by atoms with Gasteiger partial charge in [-0.05, 0) is 25.1 Å². The summed E-state index contributed by atoms with van der Waals surface area (Å²) < 4.78 is 1.87. The van der Waals surface area contributed by atoms with E-state index in [9.17, 15) is 0 Å². The van der Waals surface area contributed by atoms with Crippen LogP contribution in [-0.2, 0) is 6.42 Å². The van der Waals surface area contributed by atoms with Gasteiger partial charge in [0.1, 0.15) is 11.0 Å². The number of hydrogen-bond donors (Lipinski definition) is 0. The number of benzene rings is 1. The Balaban J connectivity index is 2.19. The van der Waals surface area contributed by atoms with Crippen molar-refractivity contribution < 1.29 is 0 Å². The topological polar surface area (TPSA) is 43.6 Å². The molecule has 5 heteroatoms. The zero-order chi connectivity index (χ0) is 14.8. The average molecular weight is 299 g/mol. The molecule has 3 aromatic rings. The molecular weight excluding hydrogens is 284 g/mol. The van der Waals surface area contributed by atoms with Gasteiger partial charge in [0.05, 0.1) is 23.3 Å². The van der Waals surface area contributed by atoms with E-state index in [4.69, 9.17) is 11.6 Å². The normalized spacial score (nSPS) is 10.8. The maximum Gasteiger partial charge on any atom is 0.136 e. The van der Waals surface area contributed by atoms with Gasteiger partial charge in [-0.1, -0.05) is 36.7 Å². The van der Waals surface area contributed by atoms with Crippen LogP contribution in [0.4, 0.5) is 0 Å². The highest BCUT2D eigenvalue weighted by Gasteiger charge is 2.15. The lowest BCUT2D eigenvalue weighted by atomic mass is 10.2. The summed E-state index contributed by atoms with van der Waals surface area (Å²) in [5.74, 6) is 0.737. The molecule has 2 aromatic heterocycles. The zero-order valence-corrected chi connectivity index (χ0v) is 12.7. The van der Waals surface area contributed by atoms with Crippen LogP contribution in [0.15, 0.2) is 42.6 Å². The van der Waals surface area contributed by atoms with Crippen LogP contribution in [-0.4, -0.2) is 19.7 Å². The summed E-state index contributed by atoms with van der Waals surface area (Å²) in [6.07, 6.45) is 2.51.